The van der Waals surface area contributed by atoms with Crippen molar-refractivity contribution in [3.05, 3.63) is 0 Å². The summed E-state index contributed by atoms with van der Waals surface area (Å²) < 4.78 is 5.79. The molecule has 0 unspecified atom stereocenters. The van der Waals surface area contributed by atoms with Gasteiger partial charge in [-0.2, -0.15) is 0 Å². The number of aliphatic hydroxyl groups is 2. The standard InChI is InChI=1S/C36H65N5O9/c1-9-11-12-13-14-15-16-17-18-28-24(6)36(49)41(8)27(19-22(3)4)33(46)39-30(23(5)10-2)35(48)38-26(21-42)32(45)40-31(25(7)43)34(47)37-20-29(44)50-28/h22-28,30-31,42-43H,9-21H2,1-8H3,(H,37,47)(H,38,48)(H,39,46)(H,40,45)/t23-,24-,25+,26+,27+,28-,30+,31-/m1/s1. The lowest BCUT2D eigenvalue weighted by molar-refractivity contribution is -0.157. The number of rotatable bonds is 15. The molecule has 1 aliphatic heterocycles. The van der Waals surface area contributed by atoms with Crippen molar-refractivity contribution in [2.75, 3.05) is 20.2 Å². The van der Waals surface area contributed by atoms with Crippen LogP contribution in [-0.4, -0.2) is 107 Å². The number of nitrogens with zero attached hydrogens (tertiary/aromatic N) is 1. The summed E-state index contributed by atoms with van der Waals surface area (Å²) in [6.45, 7) is 11.0. The SMILES string of the molecule is CCCCCCCCCC[C@H]1OC(=O)CNC(=O)[C@@H]([C@H](C)O)NC(=O)[C@H](CO)NC(=O)[C@H]([C@H](C)CC)NC(=O)[C@H](CC(C)C)N(C)C(=O)[C@@H]1C. The van der Waals surface area contributed by atoms with Gasteiger partial charge in [0.05, 0.1) is 18.6 Å². The number of amides is 5. The van der Waals surface area contributed by atoms with E-state index < -0.39 is 96.9 Å². The molecule has 6 N–H and O–H groups in total. The number of esters is 1. The van der Waals surface area contributed by atoms with Crippen molar-refractivity contribution in [1.82, 2.24) is 26.2 Å². The summed E-state index contributed by atoms with van der Waals surface area (Å²) in [5.74, 6) is -5.63. The van der Waals surface area contributed by atoms with E-state index in [1.54, 1.807) is 13.8 Å². The minimum absolute atomic E-state index is 0.00678. The molecule has 50 heavy (non-hydrogen) atoms. The first kappa shape index (κ1) is 44.8. The number of cyclic esters (lactones) is 1. The molecule has 14 heteroatoms. The maximum absolute atomic E-state index is 14.0. The summed E-state index contributed by atoms with van der Waals surface area (Å²) >= 11 is 0. The van der Waals surface area contributed by atoms with Gasteiger partial charge in [0.2, 0.25) is 29.5 Å². The fourth-order valence-corrected chi connectivity index (χ4v) is 5.96. The van der Waals surface area contributed by atoms with Crippen LogP contribution < -0.4 is 21.3 Å². The van der Waals surface area contributed by atoms with Gasteiger partial charge in [-0.05, 0) is 38.0 Å². The number of ether oxygens (including phenoxy) is 1. The van der Waals surface area contributed by atoms with Crippen molar-refractivity contribution in [1.29, 1.82) is 0 Å². The first-order valence-electron chi connectivity index (χ1n) is 18.5. The van der Waals surface area contributed by atoms with E-state index in [1.807, 2.05) is 20.8 Å². The molecule has 0 aliphatic carbocycles. The third kappa shape index (κ3) is 14.9. The smallest absolute Gasteiger partial charge is 0.325 e. The van der Waals surface area contributed by atoms with E-state index in [1.165, 1.54) is 38.1 Å². The summed E-state index contributed by atoms with van der Waals surface area (Å²) in [4.78, 5) is 81.9. The van der Waals surface area contributed by atoms with E-state index in [0.29, 0.717) is 19.3 Å². The van der Waals surface area contributed by atoms with Crippen LogP contribution in [0.25, 0.3) is 0 Å². The Balaban J connectivity index is 3.50. The first-order valence-corrected chi connectivity index (χ1v) is 18.5. The van der Waals surface area contributed by atoms with E-state index in [9.17, 15) is 39.0 Å². The van der Waals surface area contributed by atoms with E-state index in [-0.39, 0.29) is 12.3 Å². The minimum Gasteiger partial charge on any atom is -0.460 e. The van der Waals surface area contributed by atoms with Crippen molar-refractivity contribution >= 4 is 35.5 Å². The molecule has 288 valence electrons. The lowest BCUT2D eigenvalue weighted by Gasteiger charge is -2.34. The maximum Gasteiger partial charge on any atom is 0.325 e. The molecule has 0 saturated carbocycles. The normalized spacial score (nSPS) is 26.5. The van der Waals surface area contributed by atoms with Crippen LogP contribution in [0.4, 0.5) is 0 Å². The summed E-state index contributed by atoms with van der Waals surface area (Å²) in [6, 6.07) is -5.15. The molecule has 0 aromatic heterocycles. The molecule has 1 fully saturated rings. The van der Waals surface area contributed by atoms with Crippen LogP contribution in [-0.2, 0) is 33.5 Å². The topological polar surface area (TPSA) is 203 Å². The van der Waals surface area contributed by atoms with Gasteiger partial charge in [-0.25, -0.2) is 0 Å². The van der Waals surface area contributed by atoms with Crippen molar-refractivity contribution in [2.24, 2.45) is 17.8 Å². The Hall–Kier alpha value is -3.26. The molecule has 8 atom stereocenters. The van der Waals surface area contributed by atoms with E-state index in [2.05, 4.69) is 28.2 Å². The summed E-state index contributed by atoms with van der Waals surface area (Å²) in [6.07, 6.45) is 7.29. The number of aliphatic hydroxyl groups excluding tert-OH is 2. The molecule has 0 aromatic carbocycles. The molecule has 1 rings (SSSR count). The molecule has 1 heterocycles. The molecular weight excluding hydrogens is 646 g/mol. The second-order valence-electron chi connectivity index (χ2n) is 14.2. The molecule has 0 spiro atoms. The highest BCUT2D eigenvalue weighted by molar-refractivity contribution is 5.96. The summed E-state index contributed by atoms with van der Waals surface area (Å²) in [5, 5.41) is 30.2. The number of carbonyl (C=O) groups is 6. The van der Waals surface area contributed by atoms with Crippen LogP contribution >= 0.6 is 0 Å². The van der Waals surface area contributed by atoms with E-state index in [0.717, 1.165) is 25.7 Å². The van der Waals surface area contributed by atoms with Gasteiger partial charge < -0.3 is 41.1 Å². The number of likely N-dealkylation sites (N-methyl/N-ethyl adjacent to an activating group) is 1. The van der Waals surface area contributed by atoms with Gasteiger partial charge in [-0.1, -0.05) is 92.9 Å². The average Bonchev–Trinajstić information content (AvgIpc) is 3.07. The largest absolute Gasteiger partial charge is 0.460 e. The quantitative estimate of drug-likeness (QED) is 0.108. The Morgan fingerprint density at radius 1 is 0.800 bits per heavy atom. The van der Waals surface area contributed by atoms with Crippen molar-refractivity contribution in [2.45, 2.75) is 155 Å². The Morgan fingerprint density at radius 3 is 1.92 bits per heavy atom. The van der Waals surface area contributed by atoms with Crippen molar-refractivity contribution < 1.29 is 43.7 Å². The predicted octanol–water partition coefficient (Wildman–Crippen LogP) is 1.94. The second-order valence-corrected chi connectivity index (χ2v) is 14.2. The van der Waals surface area contributed by atoms with E-state index in [4.69, 9.17) is 4.74 Å². The lowest BCUT2D eigenvalue weighted by atomic mass is 9.94. The number of unbranched alkanes of at least 4 members (excludes halogenated alkanes) is 7. The zero-order chi connectivity index (χ0) is 38.0. The van der Waals surface area contributed by atoms with Gasteiger partial charge >= 0.3 is 5.97 Å². The highest BCUT2D eigenvalue weighted by Gasteiger charge is 2.38. The molecular formula is C36H65N5O9. The van der Waals surface area contributed by atoms with Crippen LogP contribution in [0.15, 0.2) is 0 Å². The third-order valence-corrected chi connectivity index (χ3v) is 9.46. The number of carbonyl (C=O) groups excluding carboxylic acids is 6. The maximum atomic E-state index is 14.0. The van der Waals surface area contributed by atoms with Gasteiger partial charge in [0, 0.05) is 7.05 Å². The summed E-state index contributed by atoms with van der Waals surface area (Å²) in [7, 11) is 1.52. The van der Waals surface area contributed by atoms with Crippen LogP contribution in [0.1, 0.15) is 119 Å². The van der Waals surface area contributed by atoms with Crippen molar-refractivity contribution in [3.63, 3.8) is 0 Å². The molecule has 0 aromatic rings. The average molecular weight is 712 g/mol. The van der Waals surface area contributed by atoms with Crippen molar-refractivity contribution in [3.8, 4) is 0 Å². The number of nitrogens with one attached hydrogen (secondary N) is 4. The van der Waals surface area contributed by atoms with Gasteiger partial charge in [-0.15, -0.1) is 0 Å². The zero-order valence-corrected chi connectivity index (χ0v) is 31.6. The van der Waals surface area contributed by atoms with Gasteiger partial charge in [0.1, 0.15) is 36.8 Å². The molecule has 1 saturated heterocycles. The second kappa shape index (κ2) is 23.3. The Morgan fingerprint density at radius 2 is 1.38 bits per heavy atom. The van der Waals surface area contributed by atoms with Gasteiger partial charge in [0.25, 0.3) is 0 Å². The third-order valence-electron chi connectivity index (χ3n) is 9.46. The zero-order valence-electron chi connectivity index (χ0n) is 31.6. The molecule has 14 nitrogen and oxygen atoms in total. The molecule has 0 bridgehead atoms. The lowest BCUT2D eigenvalue weighted by Crippen LogP contribution is -2.61. The van der Waals surface area contributed by atoms with Crippen LogP contribution in [0.2, 0.25) is 0 Å². The fraction of sp³-hybridized carbons (Fsp3) is 0.833. The highest BCUT2D eigenvalue weighted by Crippen LogP contribution is 2.22. The van der Waals surface area contributed by atoms with Crippen LogP contribution in [0.3, 0.4) is 0 Å². The fourth-order valence-electron chi connectivity index (χ4n) is 5.96. The molecule has 1 aliphatic rings. The van der Waals surface area contributed by atoms with Gasteiger partial charge in [-0.3, -0.25) is 28.8 Å². The number of hydrogen-bond acceptors (Lipinski definition) is 9. The first-order chi connectivity index (χ1) is 23.6. The van der Waals surface area contributed by atoms with Gasteiger partial charge in [0.15, 0.2) is 0 Å². The molecule has 5 amide bonds. The summed E-state index contributed by atoms with van der Waals surface area (Å²) in [5.41, 5.74) is 0. The Labute approximate surface area is 298 Å². The monoisotopic (exact) mass is 711 g/mol. The highest BCUT2D eigenvalue weighted by atomic mass is 16.5. The Bertz CT molecular complexity index is 1100. The molecule has 0 radical (unpaired) electrons. The van der Waals surface area contributed by atoms with E-state index >= 15 is 0 Å². The predicted molar refractivity (Wildman–Crippen MR) is 189 cm³/mol. The van der Waals surface area contributed by atoms with Crippen LogP contribution in [0, 0.1) is 17.8 Å². The number of hydrogen-bond donors (Lipinski definition) is 6. The Kier molecular flexibility index (Phi) is 20.8. The van der Waals surface area contributed by atoms with Crippen LogP contribution in [0.5, 0.6) is 0 Å². The minimum atomic E-state index is -1.53.